The molecule has 0 saturated heterocycles. The van der Waals surface area contributed by atoms with Gasteiger partial charge in [0.05, 0.1) is 23.7 Å². The van der Waals surface area contributed by atoms with Gasteiger partial charge in [0.2, 0.25) is 0 Å². The number of hydrogen-bond donors (Lipinski definition) is 2. The van der Waals surface area contributed by atoms with E-state index in [9.17, 15) is 0 Å². The van der Waals surface area contributed by atoms with Gasteiger partial charge >= 0.3 is 0 Å². The van der Waals surface area contributed by atoms with Crippen LogP contribution in [0.5, 0.6) is 0 Å². The quantitative estimate of drug-likeness (QED) is 0.497. The molecule has 0 amide bonds. The van der Waals surface area contributed by atoms with Crippen molar-refractivity contribution in [3.05, 3.63) is 0 Å². The second-order valence-corrected chi connectivity index (χ2v) is 5.72. The fourth-order valence-electron chi connectivity index (χ4n) is 1.83. The molecule has 0 saturated carbocycles. The van der Waals surface area contributed by atoms with Crippen molar-refractivity contribution >= 4 is 23.7 Å². The zero-order valence-corrected chi connectivity index (χ0v) is 17.6. The predicted molar refractivity (Wildman–Crippen MR) is 93.6 cm³/mol. The standard InChI is InChI=1S/2C8H18O.Cl2O.V/c2*1-3-5-6-8(4-2)7-9;1-3-2;/h2*8-9H,3-7H2,1-2H3;;. The zero-order valence-electron chi connectivity index (χ0n) is 14.7. The van der Waals surface area contributed by atoms with Gasteiger partial charge in [0, 0.05) is 31.8 Å². The second-order valence-electron chi connectivity index (χ2n) is 5.26. The molecule has 6 heteroatoms. The molecule has 0 spiro atoms. The summed E-state index contributed by atoms with van der Waals surface area (Å²) in [5, 5.41) is 17.5. The average Bonchev–Trinajstić information content (AvgIpc) is 2.51. The van der Waals surface area contributed by atoms with Crippen LogP contribution in [0, 0.1) is 11.8 Å². The van der Waals surface area contributed by atoms with Crippen LogP contribution in [0.2, 0.25) is 0 Å². The Morgan fingerprint density at radius 2 is 1.05 bits per heavy atom. The van der Waals surface area contributed by atoms with Crippen LogP contribution in [0.1, 0.15) is 79.1 Å². The number of rotatable bonds is 10. The van der Waals surface area contributed by atoms with Crippen molar-refractivity contribution in [2.75, 3.05) is 13.2 Å². The number of hydrogen-bond acceptors (Lipinski definition) is 3. The van der Waals surface area contributed by atoms with Crippen LogP contribution in [-0.4, -0.2) is 23.4 Å². The van der Waals surface area contributed by atoms with Gasteiger partial charge in [-0.05, 0) is 24.7 Å². The van der Waals surface area contributed by atoms with Gasteiger partial charge in [0.25, 0.3) is 0 Å². The van der Waals surface area contributed by atoms with Crippen molar-refractivity contribution in [1.82, 2.24) is 0 Å². The summed E-state index contributed by atoms with van der Waals surface area (Å²) in [6, 6.07) is 0. The molecule has 0 aromatic rings. The third kappa shape index (κ3) is 29.1. The Kier molecular flexibility index (Phi) is 42.1. The molecule has 0 aliphatic rings. The summed E-state index contributed by atoms with van der Waals surface area (Å²) in [4.78, 5) is 0. The second kappa shape index (κ2) is 30.0. The maximum absolute atomic E-state index is 8.75. The largest absolute Gasteiger partial charge is 0.396 e. The van der Waals surface area contributed by atoms with Gasteiger partial charge in [-0.3, -0.25) is 0 Å². The first-order valence-electron chi connectivity index (χ1n) is 8.22. The summed E-state index contributed by atoms with van der Waals surface area (Å²) in [5.74, 6) is 1.12. The predicted octanol–water partition coefficient (Wildman–Crippen LogP) is 5.70. The molecule has 0 rings (SSSR count). The zero-order chi connectivity index (χ0) is 16.9. The minimum absolute atomic E-state index is 0. The Labute approximate surface area is 160 Å². The van der Waals surface area contributed by atoms with Crippen LogP contribution in [0.3, 0.4) is 0 Å². The van der Waals surface area contributed by atoms with Gasteiger partial charge in [-0.2, -0.15) is 3.84 Å². The van der Waals surface area contributed by atoms with Gasteiger partial charge < -0.3 is 10.2 Å². The van der Waals surface area contributed by atoms with Gasteiger partial charge in [-0.25, -0.2) is 0 Å². The van der Waals surface area contributed by atoms with Crippen molar-refractivity contribution < 1.29 is 32.6 Å². The Bertz CT molecular complexity index is 142. The fourth-order valence-corrected chi connectivity index (χ4v) is 1.83. The van der Waals surface area contributed by atoms with E-state index < -0.39 is 0 Å². The third-order valence-corrected chi connectivity index (χ3v) is 3.60. The molecular weight excluding hydrogens is 362 g/mol. The van der Waals surface area contributed by atoms with E-state index in [1.807, 2.05) is 0 Å². The smallest absolute Gasteiger partial charge is 0.0832 e. The molecular formula is C16H36Cl2O3V. The van der Waals surface area contributed by atoms with E-state index in [0.29, 0.717) is 25.0 Å². The Balaban J connectivity index is -0.000000120. The number of aliphatic hydroxyl groups excluding tert-OH is 2. The SMILES string of the molecule is CCCCC(CC)CO.CCCCC(CC)CO.ClOCl.[V]. The van der Waals surface area contributed by atoms with E-state index in [-0.39, 0.29) is 18.6 Å². The van der Waals surface area contributed by atoms with E-state index in [4.69, 9.17) is 10.2 Å². The van der Waals surface area contributed by atoms with Crippen molar-refractivity contribution in [2.24, 2.45) is 11.8 Å². The Hall–Kier alpha value is 1.04. The molecule has 0 bridgehead atoms. The minimum atomic E-state index is 0. The van der Waals surface area contributed by atoms with E-state index in [1.165, 1.54) is 38.5 Å². The summed E-state index contributed by atoms with van der Waals surface area (Å²) in [6.45, 7) is 9.38. The summed E-state index contributed by atoms with van der Waals surface area (Å²) in [5.41, 5.74) is 0. The van der Waals surface area contributed by atoms with Crippen LogP contribution in [0.25, 0.3) is 0 Å². The topological polar surface area (TPSA) is 49.7 Å². The Morgan fingerprint density at radius 3 is 1.18 bits per heavy atom. The van der Waals surface area contributed by atoms with Crippen LogP contribution < -0.4 is 0 Å². The van der Waals surface area contributed by atoms with Crippen molar-refractivity contribution in [3.8, 4) is 0 Å². The first-order chi connectivity index (χ1) is 10.1. The van der Waals surface area contributed by atoms with E-state index in [0.717, 1.165) is 12.8 Å². The first-order valence-corrected chi connectivity index (χ1v) is 8.84. The molecule has 0 heterocycles. The summed E-state index contributed by atoms with van der Waals surface area (Å²) in [7, 11) is 0. The van der Waals surface area contributed by atoms with Crippen LogP contribution in [-0.2, 0) is 22.4 Å². The molecule has 2 N–H and O–H groups in total. The van der Waals surface area contributed by atoms with Crippen molar-refractivity contribution in [2.45, 2.75) is 79.1 Å². The normalized spacial score (nSPS) is 12.0. The molecule has 0 aromatic carbocycles. The molecule has 137 valence electrons. The van der Waals surface area contributed by atoms with Crippen LogP contribution in [0.4, 0.5) is 0 Å². The maximum atomic E-state index is 8.75. The summed E-state index contributed by atoms with van der Waals surface area (Å²) in [6.07, 6.45) is 9.66. The molecule has 0 aliphatic carbocycles. The Morgan fingerprint density at radius 1 is 0.773 bits per heavy atom. The molecule has 0 aromatic heterocycles. The van der Waals surface area contributed by atoms with Gasteiger partial charge in [-0.1, -0.05) is 66.2 Å². The van der Waals surface area contributed by atoms with Gasteiger partial charge in [0.1, 0.15) is 0 Å². The molecule has 1 radical (unpaired) electrons. The van der Waals surface area contributed by atoms with E-state index >= 15 is 0 Å². The van der Waals surface area contributed by atoms with Gasteiger partial charge in [0.15, 0.2) is 0 Å². The monoisotopic (exact) mass is 397 g/mol. The molecule has 0 fully saturated rings. The van der Waals surface area contributed by atoms with Gasteiger partial charge in [-0.15, -0.1) is 0 Å². The number of halogens is 2. The van der Waals surface area contributed by atoms with E-state index in [2.05, 4.69) is 55.3 Å². The minimum Gasteiger partial charge on any atom is -0.396 e. The van der Waals surface area contributed by atoms with Crippen LogP contribution in [0.15, 0.2) is 0 Å². The average molecular weight is 398 g/mol. The fraction of sp³-hybridized carbons (Fsp3) is 1.00. The summed E-state index contributed by atoms with van der Waals surface area (Å²) >= 11 is 8.53. The molecule has 0 aliphatic heterocycles. The van der Waals surface area contributed by atoms with Crippen LogP contribution >= 0.6 is 23.7 Å². The van der Waals surface area contributed by atoms with E-state index in [1.54, 1.807) is 0 Å². The first kappa shape index (κ1) is 30.9. The molecule has 3 nitrogen and oxygen atoms in total. The van der Waals surface area contributed by atoms with Crippen molar-refractivity contribution in [3.63, 3.8) is 0 Å². The number of aliphatic hydroxyl groups is 2. The maximum Gasteiger partial charge on any atom is 0.0832 e. The summed E-state index contributed by atoms with van der Waals surface area (Å²) < 4.78 is 3.19. The molecule has 22 heavy (non-hydrogen) atoms. The third-order valence-electron chi connectivity index (χ3n) is 3.60. The molecule has 2 atom stereocenters. The number of unbranched alkanes of at least 4 members (excludes halogenated alkanes) is 2. The van der Waals surface area contributed by atoms with Crippen molar-refractivity contribution in [1.29, 1.82) is 0 Å². The molecule has 2 unspecified atom stereocenters.